The molecule has 1 aromatic rings. The number of nitrogens with zero attached hydrogens (tertiary/aromatic N) is 1. The molecular formula is C14H17NO3. The third-order valence-electron chi connectivity index (χ3n) is 3.42. The highest BCUT2D eigenvalue weighted by Crippen LogP contribution is 2.35. The fourth-order valence-corrected chi connectivity index (χ4v) is 2.49. The van der Waals surface area contributed by atoms with Gasteiger partial charge in [0, 0.05) is 25.6 Å². The summed E-state index contributed by atoms with van der Waals surface area (Å²) in [5.74, 6) is 1.49. The maximum atomic E-state index is 12.3. The number of rotatable bonds is 1. The molecule has 1 aromatic carbocycles. The lowest BCUT2D eigenvalue weighted by atomic mass is 10.1. The molecule has 96 valence electrons. The first kappa shape index (κ1) is 11.4. The molecule has 3 rings (SSSR count). The van der Waals surface area contributed by atoms with Crippen molar-refractivity contribution >= 4 is 5.91 Å². The molecule has 1 amide bonds. The van der Waals surface area contributed by atoms with Gasteiger partial charge in [0.1, 0.15) is 0 Å². The summed E-state index contributed by atoms with van der Waals surface area (Å²) in [7, 11) is 0. The van der Waals surface area contributed by atoms with Crippen molar-refractivity contribution in [3.63, 3.8) is 0 Å². The SMILES string of the molecule is C[C@@H]1Oc2ccc(C(=O)N3CCCCC3)cc2O1. The lowest BCUT2D eigenvalue weighted by Crippen LogP contribution is -2.35. The number of amides is 1. The molecule has 1 saturated heterocycles. The van der Waals surface area contributed by atoms with Crippen molar-refractivity contribution < 1.29 is 14.3 Å². The van der Waals surface area contributed by atoms with Crippen LogP contribution in [0.4, 0.5) is 0 Å². The smallest absolute Gasteiger partial charge is 0.253 e. The Labute approximate surface area is 106 Å². The minimum absolute atomic E-state index is 0.0978. The molecule has 0 aliphatic carbocycles. The summed E-state index contributed by atoms with van der Waals surface area (Å²) < 4.78 is 10.9. The number of likely N-dealkylation sites (tertiary alicyclic amines) is 1. The zero-order valence-corrected chi connectivity index (χ0v) is 10.5. The maximum absolute atomic E-state index is 12.3. The Morgan fingerprint density at radius 3 is 2.67 bits per heavy atom. The maximum Gasteiger partial charge on any atom is 0.253 e. The van der Waals surface area contributed by atoms with Crippen molar-refractivity contribution in [1.29, 1.82) is 0 Å². The van der Waals surface area contributed by atoms with Crippen molar-refractivity contribution in [1.82, 2.24) is 4.90 Å². The van der Waals surface area contributed by atoms with Gasteiger partial charge in [0.25, 0.3) is 5.91 Å². The Balaban J connectivity index is 1.80. The molecule has 0 spiro atoms. The van der Waals surface area contributed by atoms with Crippen molar-refractivity contribution in [2.75, 3.05) is 13.1 Å². The molecular weight excluding hydrogens is 230 g/mol. The van der Waals surface area contributed by atoms with Crippen LogP contribution in [0.15, 0.2) is 18.2 Å². The Morgan fingerprint density at radius 1 is 1.17 bits per heavy atom. The van der Waals surface area contributed by atoms with Gasteiger partial charge in [0.05, 0.1) is 0 Å². The Bertz CT molecular complexity index is 466. The predicted octanol–water partition coefficient (Wildman–Crippen LogP) is 2.43. The minimum Gasteiger partial charge on any atom is -0.451 e. The summed E-state index contributed by atoms with van der Waals surface area (Å²) in [6.07, 6.45) is 3.17. The number of piperidine rings is 1. The zero-order chi connectivity index (χ0) is 12.5. The van der Waals surface area contributed by atoms with E-state index in [1.807, 2.05) is 24.0 Å². The zero-order valence-electron chi connectivity index (χ0n) is 10.5. The fourth-order valence-electron chi connectivity index (χ4n) is 2.49. The van der Waals surface area contributed by atoms with Gasteiger partial charge in [0.15, 0.2) is 11.5 Å². The largest absolute Gasteiger partial charge is 0.451 e. The number of benzene rings is 1. The lowest BCUT2D eigenvalue weighted by molar-refractivity contribution is 0.0672. The van der Waals surface area contributed by atoms with E-state index < -0.39 is 0 Å². The van der Waals surface area contributed by atoms with Gasteiger partial charge in [-0.15, -0.1) is 0 Å². The van der Waals surface area contributed by atoms with Crippen molar-refractivity contribution in [2.24, 2.45) is 0 Å². The third kappa shape index (κ3) is 2.03. The first-order valence-corrected chi connectivity index (χ1v) is 6.51. The second-order valence-electron chi connectivity index (χ2n) is 4.82. The molecule has 0 radical (unpaired) electrons. The monoisotopic (exact) mass is 247 g/mol. The quantitative estimate of drug-likeness (QED) is 0.765. The highest BCUT2D eigenvalue weighted by atomic mass is 16.7. The number of hydrogen-bond acceptors (Lipinski definition) is 3. The van der Waals surface area contributed by atoms with Crippen LogP contribution < -0.4 is 9.47 Å². The number of fused-ring (bicyclic) bond motifs is 1. The second kappa shape index (κ2) is 4.52. The second-order valence-corrected chi connectivity index (χ2v) is 4.82. The van der Waals surface area contributed by atoms with Crippen LogP contribution in [0.1, 0.15) is 36.5 Å². The summed E-state index contributed by atoms with van der Waals surface area (Å²) in [6.45, 7) is 3.57. The van der Waals surface area contributed by atoms with Crippen LogP contribution in [0.2, 0.25) is 0 Å². The van der Waals surface area contributed by atoms with Crippen LogP contribution in [0.25, 0.3) is 0 Å². The van der Waals surface area contributed by atoms with E-state index in [4.69, 9.17) is 9.47 Å². The summed E-state index contributed by atoms with van der Waals surface area (Å²) in [4.78, 5) is 14.2. The van der Waals surface area contributed by atoms with E-state index in [0.717, 1.165) is 31.7 Å². The van der Waals surface area contributed by atoms with E-state index in [2.05, 4.69) is 0 Å². The molecule has 4 heteroatoms. The normalized spacial score (nSPS) is 22.1. The molecule has 0 N–H and O–H groups in total. The highest BCUT2D eigenvalue weighted by Gasteiger charge is 2.24. The molecule has 2 aliphatic rings. The van der Waals surface area contributed by atoms with Crippen molar-refractivity contribution in [3.05, 3.63) is 23.8 Å². The molecule has 4 nitrogen and oxygen atoms in total. The molecule has 18 heavy (non-hydrogen) atoms. The third-order valence-corrected chi connectivity index (χ3v) is 3.42. The van der Waals surface area contributed by atoms with Gasteiger partial charge in [-0.25, -0.2) is 0 Å². The van der Waals surface area contributed by atoms with E-state index >= 15 is 0 Å². The van der Waals surface area contributed by atoms with Crippen LogP contribution in [-0.2, 0) is 0 Å². The minimum atomic E-state index is -0.264. The average molecular weight is 247 g/mol. The molecule has 0 saturated carbocycles. The number of carbonyl (C=O) groups excluding carboxylic acids is 1. The van der Waals surface area contributed by atoms with E-state index in [-0.39, 0.29) is 12.2 Å². The average Bonchev–Trinajstić information content (AvgIpc) is 2.78. The molecule has 0 unspecified atom stereocenters. The Morgan fingerprint density at radius 2 is 1.89 bits per heavy atom. The first-order valence-electron chi connectivity index (χ1n) is 6.51. The van der Waals surface area contributed by atoms with E-state index in [1.165, 1.54) is 6.42 Å². The van der Waals surface area contributed by atoms with Crippen LogP contribution in [0, 0.1) is 0 Å². The standard InChI is InChI=1S/C14H17NO3/c1-10-17-12-6-5-11(9-13(12)18-10)14(16)15-7-3-2-4-8-15/h5-6,9-10H,2-4,7-8H2,1H3/t10-/m1/s1. The van der Waals surface area contributed by atoms with Gasteiger partial charge in [0.2, 0.25) is 6.29 Å². The summed E-state index contributed by atoms with van der Waals surface area (Å²) >= 11 is 0. The summed E-state index contributed by atoms with van der Waals surface area (Å²) in [5.41, 5.74) is 0.688. The number of ether oxygens (including phenoxy) is 2. The Hall–Kier alpha value is -1.71. The molecule has 0 aromatic heterocycles. The van der Waals surface area contributed by atoms with Gasteiger partial charge >= 0.3 is 0 Å². The Kier molecular flexibility index (Phi) is 2.86. The van der Waals surface area contributed by atoms with Gasteiger partial charge in [-0.05, 0) is 37.5 Å². The van der Waals surface area contributed by atoms with E-state index in [1.54, 1.807) is 6.07 Å². The van der Waals surface area contributed by atoms with Gasteiger partial charge in [-0.1, -0.05) is 0 Å². The predicted molar refractivity (Wildman–Crippen MR) is 66.9 cm³/mol. The molecule has 2 aliphatic heterocycles. The summed E-state index contributed by atoms with van der Waals surface area (Å²) in [5, 5.41) is 0. The molecule has 2 heterocycles. The topological polar surface area (TPSA) is 38.8 Å². The van der Waals surface area contributed by atoms with Crippen LogP contribution in [0.5, 0.6) is 11.5 Å². The van der Waals surface area contributed by atoms with Crippen molar-refractivity contribution in [3.8, 4) is 11.5 Å². The lowest BCUT2D eigenvalue weighted by Gasteiger charge is -2.26. The summed E-state index contributed by atoms with van der Waals surface area (Å²) in [6, 6.07) is 5.42. The van der Waals surface area contributed by atoms with Gasteiger partial charge in [-0.3, -0.25) is 4.79 Å². The van der Waals surface area contributed by atoms with Gasteiger partial charge in [-0.2, -0.15) is 0 Å². The fraction of sp³-hybridized carbons (Fsp3) is 0.500. The molecule has 1 atom stereocenters. The first-order chi connectivity index (χ1) is 8.74. The van der Waals surface area contributed by atoms with Crippen LogP contribution in [0.3, 0.4) is 0 Å². The number of carbonyl (C=O) groups is 1. The van der Waals surface area contributed by atoms with Crippen molar-refractivity contribution in [2.45, 2.75) is 32.5 Å². The van der Waals surface area contributed by atoms with E-state index in [9.17, 15) is 4.79 Å². The molecule has 0 bridgehead atoms. The molecule has 1 fully saturated rings. The highest BCUT2D eigenvalue weighted by molar-refractivity contribution is 5.95. The van der Waals surface area contributed by atoms with Gasteiger partial charge < -0.3 is 14.4 Å². The van der Waals surface area contributed by atoms with Crippen LogP contribution in [-0.4, -0.2) is 30.2 Å². The number of hydrogen-bond donors (Lipinski definition) is 0. The van der Waals surface area contributed by atoms with E-state index in [0.29, 0.717) is 11.3 Å². The van der Waals surface area contributed by atoms with Crippen LogP contribution >= 0.6 is 0 Å².